The van der Waals surface area contributed by atoms with E-state index in [4.69, 9.17) is 4.98 Å². The number of anilines is 1. The Labute approximate surface area is 224 Å². The normalized spacial score (nSPS) is 19.3. The number of alkyl halides is 3. The molecule has 6 nitrogen and oxygen atoms in total. The standard InChI is InChI=1S/C30H25F3N5O.H2/c31-30(32,33)19-11-12-25-26(15-19)36-29(35-25)37-14-13-24-23(17-37)28(39)38(20-9-5-2-6-10-20)27(34-24)22-16-21(22)18-7-3-1-4-8-18;/h2-3,5-7,9-12,15-16,18H,1,4,8,13-14,17H2,(H,35,36);1H/t18-;/m0./s1. The van der Waals surface area contributed by atoms with E-state index in [0.29, 0.717) is 47.3 Å². The number of aromatic nitrogens is 4. The highest BCUT2D eigenvalue weighted by Gasteiger charge is 2.38. The van der Waals surface area contributed by atoms with Crippen molar-refractivity contribution >= 4 is 17.0 Å². The Hall–Kier alpha value is -4.14. The molecule has 2 aromatic heterocycles. The van der Waals surface area contributed by atoms with Gasteiger partial charge in [-0.25, -0.2) is 9.97 Å². The molecule has 39 heavy (non-hydrogen) atoms. The van der Waals surface area contributed by atoms with Gasteiger partial charge in [-0.2, -0.15) is 13.2 Å². The minimum Gasteiger partial charge on any atom is -0.337 e. The number of aromatic amines is 1. The van der Waals surface area contributed by atoms with E-state index < -0.39 is 11.7 Å². The van der Waals surface area contributed by atoms with Crippen molar-refractivity contribution in [2.24, 2.45) is 5.92 Å². The molecule has 4 aromatic rings. The SMILES string of the molecule is O=c1c2c(nc([C]3C=C3[C@H]3C=CCCC3)n1-c1ccccc1)CCN(c1nc3ccc(C(F)(F)F)cc3[nH]1)C2.[HH]. The molecule has 2 aliphatic carbocycles. The highest BCUT2D eigenvalue weighted by atomic mass is 19.4. The number of hydrogen-bond donors (Lipinski definition) is 1. The Bertz CT molecular complexity index is 1710. The number of halogens is 3. The second-order valence-electron chi connectivity index (χ2n) is 10.3. The minimum atomic E-state index is -4.43. The molecule has 3 heterocycles. The lowest BCUT2D eigenvalue weighted by Crippen LogP contribution is -2.39. The van der Waals surface area contributed by atoms with Crippen molar-refractivity contribution in [3.8, 4) is 5.69 Å². The molecule has 199 valence electrons. The number of imidazole rings is 1. The first-order valence-corrected chi connectivity index (χ1v) is 13.1. The molecule has 0 spiro atoms. The van der Waals surface area contributed by atoms with Gasteiger partial charge in [-0.1, -0.05) is 36.4 Å². The summed E-state index contributed by atoms with van der Waals surface area (Å²) in [5.74, 6) is 2.52. The summed E-state index contributed by atoms with van der Waals surface area (Å²) in [6.45, 7) is 0.808. The molecule has 0 bridgehead atoms. The van der Waals surface area contributed by atoms with Crippen LogP contribution in [0.1, 0.15) is 43.3 Å². The molecule has 0 fully saturated rings. The first-order chi connectivity index (χ1) is 18.9. The van der Waals surface area contributed by atoms with Crippen LogP contribution in [0.2, 0.25) is 0 Å². The quantitative estimate of drug-likeness (QED) is 0.321. The number of H-pyrrole nitrogens is 1. The van der Waals surface area contributed by atoms with Crippen molar-refractivity contribution in [2.75, 3.05) is 11.4 Å². The minimum absolute atomic E-state index is 0. The fourth-order valence-corrected chi connectivity index (χ4v) is 5.67. The Morgan fingerprint density at radius 1 is 1.08 bits per heavy atom. The van der Waals surface area contributed by atoms with Crippen LogP contribution in [0.15, 0.2) is 77.1 Å². The Morgan fingerprint density at radius 3 is 2.69 bits per heavy atom. The molecule has 1 atom stereocenters. The van der Waals surface area contributed by atoms with Crippen molar-refractivity contribution in [3.05, 3.63) is 111 Å². The third-order valence-electron chi connectivity index (χ3n) is 7.76. The maximum atomic E-state index is 14.0. The van der Waals surface area contributed by atoms with Gasteiger partial charge in [0.25, 0.3) is 5.56 Å². The fourth-order valence-electron chi connectivity index (χ4n) is 5.67. The van der Waals surface area contributed by atoms with E-state index in [0.717, 1.165) is 48.7 Å². The zero-order valence-corrected chi connectivity index (χ0v) is 21.0. The van der Waals surface area contributed by atoms with Crippen LogP contribution in [0, 0.1) is 11.8 Å². The summed E-state index contributed by atoms with van der Waals surface area (Å²) < 4.78 is 41.3. The number of benzene rings is 2. The van der Waals surface area contributed by atoms with E-state index in [-0.39, 0.29) is 13.5 Å². The Balaban J connectivity index is 0.00000289. The summed E-state index contributed by atoms with van der Waals surface area (Å²) in [4.78, 5) is 28.5. The molecular weight excluding hydrogens is 503 g/mol. The zero-order chi connectivity index (χ0) is 26.7. The summed E-state index contributed by atoms with van der Waals surface area (Å²) in [7, 11) is 0. The molecule has 1 N–H and O–H groups in total. The van der Waals surface area contributed by atoms with Crippen LogP contribution in [-0.4, -0.2) is 26.1 Å². The molecule has 9 heteroatoms. The predicted octanol–water partition coefficient (Wildman–Crippen LogP) is 6.16. The number of hydrogen-bond acceptors (Lipinski definition) is 4. The largest absolute Gasteiger partial charge is 0.416 e. The first kappa shape index (κ1) is 23.9. The van der Waals surface area contributed by atoms with Gasteiger partial charge in [-0.3, -0.25) is 9.36 Å². The number of nitrogens with zero attached hydrogens (tertiary/aromatic N) is 4. The first-order valence-electron chi connectivity index (χ1n) is 13.1. The van der Waals surface area contributed by atoms with Gasteiger partial charge in [-0.15, -0.1) is 0 Å². The van der Waals surface area contributed by atoms with Crippen LogP contribution < -0.4 is 10.5 Å². The molecule has 0 saturated carbocycles. The third-order valence-corrected chi connectivity index (χ3v) is 7.76. The van der Waals surface area contributed by atoms with E-state index in [2.05, 4.69) is 28.2 Å². The highest BCUT2D eigenvalue weighted by Crippen LogP contribution is 2.46. The Morgan fingerprint density at radius 2 is 1.92 bits per heavy atom. The highest BCUT2D eigenvalue weighted by molar-refractivity contribution is 5.78. The van der Waals surface area contributed by atoms with Crippen LogP contribution in [-0.2, 0) is 19.1 Å². The number of rotatable bonds is 4. The van der Waals surface area contributed by atoms with Crippen LogP contribution in [0.5, 0.6) is 0 Å². The van der Waals surface area contributed by atoms with E-state index in [1.165, 1.54) is 11.6 Å². The second kappa shape index (κ2) is 8.97. The van der Waals surface area contributed by atoms with Crippen molar-refractivity contribution < 1.29 is 14.6 Å². The molecule has 2 aromatic carbocycles. The maximum absolute atomic E-state index is 14.0. The molecule has 0 saturated heterocycles. The molecule has 0 amide bonds. The molecule has 7 rings (SSSR count). The number of fused-ring (bicyclic) bond motifs is 2. The molecule has 1 radical (unpaired) electrons. The van der Waals surface area contributed by atoms with Gasteiger partial charge in [0, 0.05) is 14.4 Å². The van der Waals surface area contributed by atoms with Crippen molar-refractivity contribution in [1.82, 2.24) is 19.5 Å². The summed E-state index contributed by atoms with van der Waals surface area (Å²) in [5, 5.41) is 0. The maximum Gasteiger partial charge on any atom is 0.416 e. The molecule has 1 aliphatic heterocycles. The Kier molecular flexibility index (Phi) is 5.50. The van der Waals surface area contributed by atoms with E-state index in [1.807, 2.05) is 35.2 Å². The van der Waals surface area contributed by atoms with Crippen molar-refractivity contribution in [2.45, 2.75) is 38.4 Å². The van der Waals surface area contributed by atoms with Gasteiger partial charge in [0.1, 0.15) is 5.82 Å². The third kappa shape index (κ3) is 4.26. The van der Waals surface area contributed by atoms with Crippen molar-refractivity contribution in [3.63, 3.8) is 0 Å². The van der Waals surface area contributed by atoms with E-state index >= 15 is 0 Å². The van der Waals surface area contributed by atoms with Gasteiger partial charge in [0.2, 0.25) is 5.95 Å². The molecule has 3 aliphatic rings. The fraction of sp³-hybridized carbons (Fsp3) is 0.267. The summed E-state index contributed by atoms with van der Waals surface area (Å²) in [5.41, 5.74) is 3.23. The number of allylic oxidation sites excluding steroid dienone is 4. The number of nitrogens with one attached hydrogen (secondary N) is 1. The van der Waals surface area contributed by atoms with E-state index in [9.17, 15) is 18.0 Å². The summed E-state index contributed by atoms with van der Waals surface area (Å²) >= 11 is 0. The van der Waals surface area contributed by atoms with E-state index in [1.54, 1.807) is 4.57 Å². The van der Waals surface area contributed by atoms with Crippen LogP contribution in [0.25, 0.3) is 16.7 Å². The lowest BCUT2D eigenvalue weighted by molar-refractivity contribution is -0.137. The van der Waals surface area contributed by atoms with Gasteiger partial charge in [0.15, 0.2) is 0 Å². The second-order valence-corrected chi connectivity index (χ2v) is 10.3. The summed E-state index contributed by atoms with van der Waals surface area (Å²) in [6, 6.07) is 13.0. The zero-order valence-electron chi connectivity index (χ0n) is 21.0. The van der Waals surface area contributed by atoms with Gasteiger partial charge in [-0.05, 0) is 61.1 Å². The monoisotopic (exact) mass is 530 g/mol. The van der Waals surface area contributed by atoms with Gasteiger partial charge >= 0.3 is 6.18 Å². The summed E-state index contributed by atoms with van der Waals surface area (Å²) in [6.07, 6.45) is 6.10. The average molecular weight is 531 g/mol. The smallest absolute Gasteiger partial charge is 0.337 e. The number of para-hydroxylation sites is 1. The van der Waals surface area contributed by atoms with Gasteiger partial charge in [0.05, 0.1) is 46.0 Å². The molecular formula is C30H27F3N5O. The lowest BCUT2D eigenvalue weighted by atomic mass is 9.91. The average Bonchev–Trinajstić information content (AvgIpc) is 3.63. The lowest BCUT2D eigenvalue weighted by Gasteiger charge is -2.29. The van der Waals surface area contributed by atoms with Gasteiger partial charge < -0.3 is 9.88 Å². The predicted molar refractivity (Wildman–Crippen MR) is 145 cm³/mol. The topological polar surface area (TPSA) is 66.8 Å². The van der Waals surface area contributed by atoms with Crippen molar-refractivity contribution in [1.29, 1.82) is 0 Å². The molecule has 0 unspecified atom stereocenters. The van der Waals surface area contributed by atoms with Crippen LogP contribution >= 0.6 is 0 Å². The van der Waals surface area contributed by atoms with Crippen LogP contribution in [0.4, 0.5) is 19.1 Å². The van der Waals surface area contributed by atoms with Crippen LogP contribution in [0.3, 0.4) is 0 Å².